The predicted octanol–water partition coefficient (Wildman–Crippen LogP) is 1.90. The Morgan fingerprint density at radius 1 is 1.41 bits per heavy atom. The Kier molecular flexibility index (Phi) is 3.07. The minimum Gasteiger partial charge on any atom is -0.327 e. The molecular weight excluding hydrogens is 234 g/mol. The number of pyridine rings is 1. The Balaban J connectivity index is 1.67. The number of nitrogens with zero attached hydrogens (tertiary/aromatic N) is 2. The first-order valence-corrected chi connectivity index (χ1v) is 6.68. The van der Waals surface area contributed by atoms with Crippen molar-refractivity contribution in [3.8, 4) is 0 Å². The van der Waals surface area contributed by atoms with Gasteiger partial charge in [0.25, 0.3) is 0 Å². The molecule has 1 aliphatic carbocycles. The molecule has 0 spiro atoms. The quantitative estimate of drug-likeness (QED) is 0.873. The van der Waals surface area contributed by atoms with Gasteiger partial charge in [-0.3, -0.25) is 9.88 Å². The molecule has 3 atom stereocenters. The number of rotatable bonds is 2. The van der Waals surface area contributed by atoms with Crippen LogP contribution in [0.5, 0.6) is 0 Å². The maximum atomic E-state index is 6.14. The SMILES string of the molecule is NC1CCC2CN(Cc3ccncc3Cl)CC12. The van der Waals surface area contributed by atoms with E-state index in [1.54, 1.807) is 6.20 Å². The van der Waals surface area contributed by atoms with Gasteiger partial charge < -0.3 is 5.73 Å². The van der Waals surface area contributed by atoms with Crippen LogP contribution in [0.1, 0.15) is 18.4 Å². The maximum absolute atomic E-state index is 6.14. The molecule has 92 valence electrons. The Bertz CT molecular complexity index is 409. The summed E-state index contributed by atoms with van der Waals surface area (Å²) in [7, 11) is 0. The van der Waals surface area contributed by atoms with Crippen LogP contribution < -0.4 is 5.73 Å². The summed E-state index contributed by atoms with van der Waals surface area (Å²) < 4.78 is 0. The Hall–Kier alpha value is -0.640. The van der Waals surface area contributed by atoms with Gasteiger partial charge in [-0.25, -0.2) is 0 Å². The van der Waals surface area contributed by atoms with Crippen molar-refractivity contribution in [1.29, 1.82) is 0 Å². The highest BCUT2D eigenvalue weighted by Crippen LogP contribution is 2.37. The molecule has 1 aromatic rings. The van der Waals surface area contributed by atoms with Crippen molar-refractivity contribution < 1.29 is 0 Å². The third kappa shape index (κ3) is 2.19. The molecule has 1 aliphatic heterocycles. The van der Waals surface area contributed by atoms with E-state index in [1.807, 2.05) is 12.3 Å². The molecule has 2 heterocycles. The van der Waals surface area contributed by atoms with Gasteiger partial charge in [-0.05, 0) is 36.3 Å². The Labute approximate surface area is 107 Å². The summed E-state index contributed by atoms with van der Waals surface area (Å²) in [5.74, 6) is 1.52. The normalized spacial score (nSPS) is 32.9. The second-order valence-corrected chi connectivity index (χ2v) is 5.73. The standard InChI is InChI=1S/C13H18ClN3/c14-12-5-16-4-3-10(12)7-17-6-9-1-2-13(15)11(9)8-17/h3-5,9,11,13H,1-2,6-8,15H2. The molecule has 17 heavy (non-hydrogen) atoms. The number of halogens is 1. The monoisotopic (exact) mass is 251 g/mol. The van der Waals surface area contributed by atoms with Crippen molar-refractivity contribution in [2.75, 3.05) is 13.1 Å². The molecule has 0 amide bonds. The lowest BCUT2D eigenvalue weighted by Gasteiger charge is -2.18. The molecule has 0 bridgehead atoms. The molecule has 4 heteroatoms. The van der Waals surface area contributed by atoms with E-state index < -0.39 is 0 Å². The lowest BCUT2D eigenvalue weighted by molar-refractivity contribution is 0.298. The molecule has 3 rings (SSSR count). The van der Waals surface area contributed by atoms with Gasteiger partial charge in [-0.1, -0.05) is 11.6 Å². The largest absolute Gasteiger partial charge is 0.327 e. The van der Waals surface area contributed by atoms with E-state index in [9.17, 15) is 0 Å². The van der Waals surface area contributed by atoms with Crippen molar-refractivity contribution in [2.24, 2.45) is 17.6 Å². The molecule has 1 saturated carbocycles. The summed E-state index contributed by atoms with van der Waals surface area (Å²) in [6.07, 6.45) is 6.04. The number of hydrogen-bond acceptors (Lipinski definition) is 3. The van der Waals surface area contributed by atoms with Crippen LogP contribution in [0, 0.1) is 11.8 Å². The van der Waals surface area contributed by atoms with E-state index in [0.29, 0.717) is 12.0 Å². The van der Waals surface area contributed by atoms with Crippen molar-refractivity contribution >= 4 is 11.6 Å². The molecule has 1 aromatic heterocycles. The zero-order chi connectivity index (χ0) is 11.8. The molecule has 3 unspecified atom stereocenters. The number of nitrogens with two attached hydrogens (primary N) is 1. The maximum Gasteiger partial charge on any atom is 0.0634 e. The zero-order valence-electron chi connectivity index (χ0n) is 9.85. The van der Waals surface area contributed by atoms with Crippen LogP contribution in [0.15, 0.2) is 18.5 Å². The van der Waals surface area contributed by atoms with Gasteiger partial charge in [-0.2, -0.15) is 0 Å². The van der Waals surface area contributed by atoms with Crippen LogP contribution >= 0.6 is 11.6 Å². The second-order valence-electron chi connectivity index (χ2n) is 5.33. The Morgan fingerprint density at radius 3 is 3.06 bits per heavy atom. The number of fused-ring (bicyclic) bond motifs is 1. The molecule has 1 saturated heterocycles. The Morgan fingerprint density at radius 2 is 2.29 bits per heavy atom. The minimum atomic E-state index is 0.415. The number of aromatic nitrogens is 1. The van der Waals surface area contributed by atoms with Crippen LogP contribution in [0.2, 0.25) is 5.02 Å². The minimum absolute atomic E-state index is 0.415. The van der Waals surface area contributed by atoms with Gasteiger partial charge in [-0.15, -0.1) is 0 Å². The molecular formula is C13H18ClN3. The van der Waals surface area contributed by atoms with E-state index in [4.69, 9.17) is 17.3 Å². The number of likely N-dealkylation sites (tertiary alicyclic amines) is 1. The lowest BCUT2D eigenvalue weighted by Crippen LogP contribution is -2.30. The predicted molar refractivity (Wildman–Crippen MR) is 68.7 cm³/mol. The first kappa shape index (κ1) is 11.5. The average molecular weight is 252 g/mol. The van der Waals surface area contributed by atoms with Crippen LogP contribution in [-0.2, 0) is 6.54 Å². The highest BCUT2D eigenvalue weighted by Gasteiger charge is 2.40. The summed E-state index contributed by atoms with van der Waals surface area (Å²) in [6, 6.07) is 2.43. The average Bonchev–Trinajstić information content (AvgIpc) is 2.85. The van der Waals surface area contributed by atoms with E-state index in [1.165, 1.54) is 24.9 Å². The van der Waals surface area contributed by atoms with E-state index in [-0.39, 0.29) is 0 Å². The molecule has 2 aliphatic rings. The summed E-state index contributed by atoms with van der Waals surface area (Å²) in [4.78, 5) is 6.50. The fourth-order valence-electron chi connectivity index (χ4n) is 3.30. The topological polar surface area (TPSA) is 42.1 Å². The van der Waals surface area contributed by atoms with E-state index in [0.717, 1.165) is 24.0 Å². The van der Waals surface area contributed by atoms with E-state index in [2.05, 4.69) is 9.88 Å². The summed E-state index contributed by atoms with van der Waals surface area (Å²) in [5, 5.41) is 0.772. The summed E-state index contributed by atoms with van der Waals surface area (Å²) in [6.45, 7) is 3.24. The second kappa shape index (κ2) is 4.56. The van der Waals surface area contributed by atoms with Gasteiger partial charge in [0, 0.05) is 38.1 Å². The van der Waals surface area contributed by atoms with Gasteiger partial charge in [0.15, 0.2) is 0 Å². The molecule has 0 radical (unpaired) electrons. The van der Waals surface area contributed by atoms with E-state index >= 15 is 0 Å². The zero-order valence-corrected chi connectivity index (χ0v) is 10.6. The first-order valence-electron chi connectivity index (χ1n) is 6.30. The van der Waals surface area contributed by atoms with Gasteiger partial charge in [0.2, 0.25) is 0 Å². The highest BCUT2D eigenvalue weighted by atomic mass is 35.5. The van der Waals surface area contributed by atoms with Crippen LogP contribution in [0.3, 0.4) is 0 Å². The molecule has 0 aromatic carbocycles. The van der Waals surface area contributed by atoms with Crippen LogP contribution in [-0.4, -0.2) is 29.0 Å². The van der Waals surface area contributed by atoms with Crippen LogP contribution in [0.25, 0.3) is 0 Å². The fourth-order valence-corrected chi connectivity index (χ4v) is 3.48. The summed E-state index contributed by atoms with van der Waals surface area (Å²) >= 11 is 6.14. The fraction of sp³-hybridized carbons (Fsp3) is 0.615. The number of hydrogen-bond donors (Lipinski definition) is 1. The van der Waals surface area contributed by atoms with Crippen molar-refractivity contribution in [3.05, 3.63) is 29.0 Å². The summed E-state index contributed by atoms with van der Waals surface area (Å²) in [5.41, 5.74) is 7.32. The van der Waals surface area contributed by atoms with Gasteiger partial charge in [0.05, 0.1) is 5.02 Å². The molecule has 3 nitrogen and oxygen atoms in total. The van der Waals surface area contributed by atoms with Crippen molar-refractivity contribution in [2.45, 2.75) is 25.4 Å². The van der Waals surface area contributed by atoms with Crippen molar-refractivity contribution in [3.63, 3.8) is 0 Å². The van der Waals surface area contributed by atoms with Gasteiger partial charge in [0.1, 0.15) is 0 Å². The third-order valence-corrected chi connectivity index (χ3v) is 4.58. The lowest BCUT2D eigenvalue weighted by atomic mass is 9.98. The molecule has 2 N–H and O–H groups in total. The highest BCUT2D eigenvalue weighted by molar-refractivity contribution is 6.31. The van der Waals surface area contributed by atoms with Crippen molar-refractivity contribution in [1.82, 2.24) is 9.88 Å². The first-order chi connectivity index (χ1) is 8.24. The van der Waals surface area contributed by atoms with Crippen LogP contribution in [0.4, 0.5) is 0 Å². The van der Waals surface area contributed by atoms with Gasteiger partial charge >= 0.3 is 0 Å². The smallest absolute Gasteiger partial charge is 0.0634 e. The molecule has 2 fully saturated rings. The third-order valence-electron chi connectivity index (χ3n) is 4.24.